The van der Waals surface area contributed by atoms with Crippen molar-refractivity contribution in [1.82, 2.24) is 20.1 Å². The van der Waals surface area contributed by atoms with Crippen LogP contribution in [0.3, 0.4) is 0 Å². The number of pyridine rings is 1. The van der Waals surface area contributed by atoms with Crippen LogP contribution >= 0.6 is 0 Å². The van der Waals surface area contributed by atoms with Crippen molar-refractivity contribution >= 4 is 5.91 Å². The predicted molar refractivity (Wildman–Crippen MR) is 88.8 cm³/mol. The molecule has 1 N–H and O–H groups in total. The number of aromatic nitrogens is 3. The number of carbonyl (C=O) groups is 1. The normalized spacial score (nSPS) is 10.5. The maximum Gasteiger partial charge on any atom is 0.251 e. The van der Waals surface area contributed by atoms with E-state index >= 15 is 0 Å². The van der Waals surface area contributed by atoms with Gasteiger partial charge in [-0.15, -0.1) is 0 Å². The topological polar surface area (TPSA) is 59.8 Å². The predicted octanol–water partition coefficient (Wildman–Crippen LogP) is 2.72. The Labute approximate surface area is 135 Å². The van der Waals surface area contributed by atoms with Gasteiger partial charge >= 0.3 is 0 Å². The van der Waals surface area contributed by atoms with Crippen molar-refractivity contribution in [2.45, 2.75) is 13.5 Å². The molecule has 5 nitrogen and oxygen atoms in total. The van der Waals surface area contributed by atoms with E-state index in [1.807, 2.05) is 61.1 Å². The van der Waals surface area contributed by atoms with Gasteiger partial charge < -0.3 is 5.32 Å². The summed E-state index contributed by atoms with van der Waals surface area (Å²) in [4.78, 5) is 16.2. The Kier molecular flexibility index (Phi) is 4.19. The maximum absolute atomic E-state index is 12.2. The highest BCUT2D eigenvalue weighted by Gasteiger charge is 2.10. The fourth-order valence-electron chi connectivity index (χ4n) is 2.47. The summed E-state index contributed by atoms with van der Waals surface area (Å²) in [6, 6.07) is 13.4. The van der Waals surface area contributed by atoms with Gasteiger partial charge in [-0.25, -0.2) is 0 Å². The second-order valence-electron chi connectivity index (χ2n) is 5.43. The largest absolute Gasteiger partial charge is 0.346 e. The first-order valence-corrected chi connectivity index (χ1v) is 7.41. The molecular weight excluding hydrogens is 288 g/mol. The second-order valence-corrected chi connectivity index (χ2v) is 5.43. The Bertz CT molecular complexity index is 824. The monoisotopic (exact) mass is 306 g/mol. The smallest absolute Gasteiger partial charge is 0.251 e. The molecule has 0 spiro atoms. The van der Waals surface area contributed by atoms with E-state index < -0.39 is 0 Å². The van der Waals surface area contributed by atoms with Crippen LogP contribution in [0.15, 0.2) is 54.9 Å². The lowest BCUT2D eigenvalue weighted by Crippen LogP contribution is -2.23. The van der Waals surface area contributed by atoms with Crippen molar-refractivity contribution in [1.29, 1.82) is 0 Å². The summed E-state index contributed by atoms with van der Waals surface area (Å²) in [7, 11) is 1.89. The molecule has 0 unspecified atom stereocenters. The van der Waals surface area contributed by atoms with Crippen molar-refractivity contribution in [3.8, 4) is 11.3 Å². The zero-order valence-corrected chi connectivity index (χ0v) is 13.2. The first-order valence-electron chi connectivity index (χ1n) is 7.41. The number of nitrogens with zero attached hydrogens (tertiary/aromatic N) is 3. The Hall–Kier alpha value is -2.95. The van der Waals surface area contributed by atoms with Gasteiger partial charge in [-0.2, -0.15) is 5.10 Å². The van der Waals surface area contributed by atoms with Crippen LogP contribution in [0.2, 0.25) is 0 Å². The molecule has 1 amide bonds. The van der Waals surface area contributed by atoms with Crippen LogP contribution in [0.25, 0.3) is 11.3 Å². The molecule has 0 aliphatic carbocycles. The van der Waals surface area contributed by atoms with Crippen molar-refractivity contribution in [3.05, 3.63) is 71.7 Å². The molecular formula is C18H18N4O. The molecule has 3 aromatic rings. The first kappa shape index (κ1) is 15.0. The van der Waals surface area contributed by atoms with Crippen molar-refractivity contribution in [2.75, 3.05) is 0 Å². The molecule has 0 fully saturated rings. The van der Waals surface area contributed by atoms with E-state index in [0.717, 1.165) is 22.5 Å². The minimum absolute atomic E-state index is 0.0928. The van der Waals surface area contributed by atoms with Gasteiger partial charge in [0.05, 0.1) is 17.9 Å². The van der Waals surface area contributed by atoms with Crippen LogP contribution in [0.1, 0.15) is 21.6 Å². The fraction of sp³-hybridized carbons (Fsp3) is 0.167. The minimum atomic E-state index is -0.0928. The van der Waals surface area contributed by atoms with E-state index in [9.17, 15) is 4.79 Å². The summed E-state index contributed by atoms with van der Waals surface area (Å²) in [5.41, 5.74) is 4.59. The van der Waals surface area contributed by atoms with Gasteiger partial charge in [0.25, 0.3) is 5.91 Å². The molecule has 0 aliphatic rings. The van der Waals surface area contributed by atoms with E-state index in [1.54, 1.807) is 12.4 Å². The van der Waals surface area contributed by atoms with Gasteiger partial charge in [0, 0.05) is 30.6 Å². The summed E-state index contributed by atoms with van der Waals surface area (Å²) < 4.78 is 1.81. The van der Waals surface area contributed by atoms with Gasteiger partial charge in [0.1, 0.15) is 0 Å². The Morgan fingerprint density at radius 3 is 2.70 bits per heavy atom. The molecule has 2 heterocycles. The highest BCUT2D eigenvalue weighted by Crippen LogP contribution is 2.18. The fourth-order valence-corrected chi connectivity index (χ4v) is 2.47. The number of rotatable bonds is 4. The lowest BCUT2D eigenvalue weighted by Gasteiger charge is -2.03. The van der Waals surface area contributed by atoms with E-state index in [0.29, 0.717) is 12.1 Å². The zero-order chi connectivity index (χ0) is 16.2. The maximum atomic E-state index is 12.2. The number of benzene rings is 1. The molecule has 5 heteroatoms. The summed E-state index contributed by atoms with van der Waals surface area (Å²) in [6.45, 7) is 2.36. The highest BCUT2D eigenvalue weighted by molar-refractivity contribution is 5.94. The van der Waals surface area contributed by atoms with Gasteiger partial charge in [-0.05, 0) is 37.3 Å². The quantitative estimate of drug-likeness (QED) is 0.806. The van der Waals surface area contributed by atoms with Crippen LogP contribution in [0.4, 0.5) is 0 Å². The Balaban J connectivity index is 1.71. The average Bonchev–Trinajstić information content (AvgIpc) is 2.94. The van der Waals surface area contributed by atoms with Gasteiger partial charge in [-0.3, -0.25) is 14.5 Å². The van der Waals surface area contributed by atoms with Gasteiger partial charge in [-0.1, -0.05) is 17.7 Å². The standard InChI is InChI=1S/C18H18N4O/c1-13-4-3-5-15(10-13)18(23)20-12-16-11-17(22(2)21-16)14-6-8-19-9-7-14/h3-11H,12H2,1-2H3,(H,20,23). The number of amides is 1. The van der Waals surface area contributed by atoms with E-state index in [2.05, 4.69) is 15.4 Å². The number of aryl methyl sites for hydroxylation is 2. The summed E-state index contributed by atoms with van der Waals surface area (Å²) in [6.07, 6.45) is 3.50. The summed E-state index contributed by atoms with van der Waals surface area (Å²) >= 11 is 0. The van der Waals surface area contributed by atoms with Gasteiger partial charge in [0.15, 0.2) is 0 Å². The molecule has 23 heavy (non-hydrogen) atoms. The molecule has 0 aliphatic heterocycles. The third kappa shape index (κ3) is 3.45. The summed E-state index contributed by atoms with van der Waals surface area (Å²) in [5, 5.41) is 7.36. The number of hydrogen-bond acceptors (Lipinski definition) is 3. The molecule has 116 valence electrons. The first-order chi connectivity index (χ1) is 11.1. The lowest BCUT2D eigenvalue weighted by molar-refractivity contribution is 0.0950. The Morgan fingerprint density at radius 2 is 1.96 bits per heavy atom. The lowest BCUT2D eigenvalue weighted by atomic mass is 10.1. The molecule has 0 atom stereocenters. The molecule has 1 aromatic carbocycles. The van der Waals surface area contributed by atoms with Crippen LogP contribution in [0, 0.1) is 6.92 Å². The van der Waals surface area contributed by atoms with Crippen LogP contribution in [0.5, 0.6) is 0 Å². The third-order valence-corrected chi connectivity index (χ3v) is 3.62. The van der Waals surface area contributed by atoms with Crippen LogP contribution < -0.4 is 5.32 Å². The highest BCUT2D eigenvalue weighted by atomic mass is 16.1. The molecule has 0 saturated carbocycles. The molecule has 0 bridgehead atoms. The van der Waals surface area contributed by atoms with Crippen molar-refractivity contribution in [2.24, 2.45) is 7.05 Å². The zero-order valence-electron chi connectivity index (χ0n) is 13.2. The summed E-state index contributed by atoms with van der Waals surface area (Å²) in [5.74, 6) is -0.0928. The van der Waals surface area contributed by atoms with Crippen molar-refractivity contribution in [3.63, 3.8) is 0 Å². The Morgan fingerprint density at radius 1 is 1.17 bits per heavy atom. The van der Waals surface area contributed by atoms with E-state index in [-0.39, 0.29) is 5.91 Å². The van der Waals surface area contributed by atoms with E-state index in [4.69, 9.17) is 0 Å². The molecule has 0 saturated heterocycles. The molecule has 3 rings (SSSR count). The average molecular weight is 306 g/mol. The minimum Gasteiger partial charge on any atom is -0.346 e. The van der Waals surface area contributed by atoms with Crippen LogP contribution in [-0.4, -0.2) is 20.7 Å². The second kappa shape index (κ2) is 6.44. The van der Waals surface area contributed by atoms with Crippen LogP contribution in [-0.2, 0) is 13.6 Å². The number of hydrogen-bond donors (Lipinski definition) is 1. The number of nitrogens with one attached hydrogen (secondary N) is 1. The van der Waals surface area contributed by atoms with Gasteiger partial charge in [0.2, 0.25) is 0 Å². The van der Waals surface area contributed by atoms with Crippen molar-refractivity contribution < 1.29 is 4.79 Å². The molecule has 0 radical (unpaired) electrons. The van der Waals surface area contributed by atoms with E-state index in [1.165, 1.54) is 0 Å². The third-order valence-electron chi connectivity index (χ3n) is 3.62. The molecule has 2 aromatic heterocycles. The number of carbonyl (C=O) groups excluding carboxylic acids is 1. The SMILES string of the molecule is Cc1cccc(C(=O)NCc2cc(-c3ccncc3)n(C)n2)c1.